The van der Waals surface area contributed by atoms with Crippen molar-refractivity contribution in [2.24, 2.45) is 5.92 Å². The molecule has 0 radical (unpaired) electrons. The fraction of sp³-hybridized carbons (Fsp3) is 0.404. The lowest BCUT2D eigenvalue weighted by Crippen LogP contribution is -2.55. The average Bonchev–Trinajstić information content (AvgIpc) is 3.75. The Morgan fingerprint density at radius 1 is 0.789 bits per heavy atom. The van der Waals surface area contributed by atoms with E-state index >= 15 is 0 Å². The molecule has 0 aromatic heterocycles. The molecule has 0 bridgehead atoms. The average molecular weight is 812 g/mol. The second-order valence-corrected chi connectivity index (χ2v) is 17.1. The molecule has 2 aliphatic rings. The van der Waals surface area contributed by atoms with Gasteiger partial charge in [-0.05, 0) is 91.5 Å². The third kappa shape index (κ3) is 10.7. The molecule has 4 aromatic rings. The number of benzene rings is 4. The van der Waals surface area contributed by atoms with E-state index in [1.165, 1.54) is 9.80 Å². The van der Waals surface area contributed by atoms with Crippen LogP contribution in [0.5, 0.6) is 0 Å². The molecule has 57 heavy (non-hydrogen) atoms. The summed E-state index contributed by atoms with van der Waals surface area (Å²) in [6, 6.07) is 29.4. The number of nitrogens with zero attached hydrogens (tertiary/aromatic N) is 2. The molecule has 0 spiro atoms. The maximum Gasteiger partial charge on any atom is 0.410 e. The number of likely N-dealkylation sites (tertiary alicyclic amines) is 1. The van der Waals surface area contributed by atoms with Gasteiger partial charge < -0.3 is 14.4 Å². The Morgan fingerprint density at radius 2 is 1.42 bits per heavy atom. The number of carbonyl (C=O) groups excluding carboxylic acids is 4. The Hall–Kier alpha value is -4.50. The zero-order valence-electron chi connectivity index (χ0n) is 33.2. The second kappa shape index (κ2) is 18.8. The lowest BCUT2D eigenvalue weighted by Gasteiger charge is -2.36. The largest absolute Gasteiger partial charge is 0.448 e. The van der Waals surface area contributed by atoms with Crippen molar-refractivity contribution >= 4 is 46.8 Å². The molecule has 3 atom stereocenters. The highest BCUT2D eigenvalue weighted by Gasteiger charge is 2.44. The summed E-state index contributed by atoms with van der Waals surface area (Å²) >= 11 is 12.4. The molecule has 8 nitrogen and oxygen atoms in total. The maximum atomic E-state index is 14.9. The number of ether oxygens (including phenoxy) is 2. The van der Waals surface area contributed by atoms with Crippen molar-refractivity contribution in [3.8, 4) is 11.1 Å². The fourth-order valence-corrected chi connectivity index (χ4v) is 8.20. The minimum absolute atomic E-state index is 0.00316. The molecule has 0 unspecified atom stereocenters. The van der Waals surface area contributed by atoms with Crippen molar-refractivity contribution in [3.05, 3.63) is 129 Å². The van der Waals surface area contributed by atoms with Crippen molar-refractivity contribution in [3.63, 3.8) is 0 Å². The summed E-state index contributed by atoms with van der Waals surface area (Å²) in [4.78, 5) is 59.7. The standard InChI is InChI=1S/C47H52Cl2N2O6/c1-31-26-42(51(28-31)46(55)56-29-39-37-16-10-8-14-35(37)36-15-9-11-17-38(36)39)45(54)50(25-24-34(52)21-18-32-12-6-5-7-13-32)43(30-57-47(2,3)4)44(53)23-20-33-19-22-40(48)41(49)27-33/h5-17,19,22,27,31,39,42-43H,18,20-21,23-26,28-30H2,1-4H3/t31-,42+,43-/m1/s1. The minimum atomic E-state index is -0.998. The van der Waals surface area contributed by atoms with Gasteiger partial charge >= 0.3 is 6.09 Å². The van der Waals surface area contributed by atoms with E-state index in [1.54, 1.807) is 12.1 Å². The molecule has 6 rings (SSSR count). The van der Waals surface area contributed by atoms with Crippen LogP contribution in [0.2, 0.25) is 10.0 Å². The predicted octanol–water partition coefficient (Wildman–Crippen LogP) is 9.76. The highest BCUT2D eigenvalue weighted by Crippen LogP contribution is 2.44. The normalized spacial score (nSPS) is 16.8. The van der Waals surface area contributed by atoms with E-state index in [2.05, 4.69) is 24.3 Å². The maximum absolute atomic E-state index is 14.9. The van der Waals surface area contributed by atoms with Gasteiger partial charge in [-0.1, -0.05) is 115 Å². The van der Waals surface area contributed by atoms with Crippen molar-refractivity contribution < 1.29 is 28.7 Å². The summed E-state index contributed by atoms with van der Waals surface area (Å²) < 4.78 is 12.3. The molecule has 0 saturated carbocycles. The smallest absolute Gasteiger partial charge is 0.410 e. The summed E-state index contributed by atoms with van der Waals surface area (Å²) in [5.41, 5.74) is 5.70. The zero-order chi connectivity index (χ0) is 40.7. The SMILES string of the molecule is C[C@@H]1C[C@@H](C(=O)N(CCC(=O)CCc2ccccc2)[C@H](COC(C)(C)C)C(=O)CCc2ccc(Cl)c(Cl)c2)N(C(=O)OCC2c3ccccc3-c3ccccc32)C1. The third-order valence-corrected chi connectivity index (χ3v) is 11.6. The number of Topliss-reactive ketones (excluding diaryl/α,β-unsaturated/α-hetero) is 2. The fourth-order valence-electron chi connectivity index (χ4n) is 7.88. The first kappa shape index (κ1) is 42.1. The molecule has 1 saturated heterocycles. The molecule has 1 heterocycles. The highest BCUT2D eigenvalue weighted by atomic mass is 35.5. The van der Waals surface area contributed by atoms with Crippen LogP contribution in [-0.4, -0.2) is 77.4 Å². The van der Waals surface area contributed by atoms with Crippen LogP contribution >= 0.6 is 23.2 Å². The van der Waals surface area contributed by atoms with E-state index in [4.69, 9.17) is 32.7 Å². The van der Waals surface area contributed by atoms with E-state index in [9.17, 15) is 19.2 Å². The Kier molecular flexibility index (Phi) is 13.9. The van der Waals surface area contributed by atoms with Gasteiger partial charge in [-0.25, -0.2) is 4.79 Å². The van der Waals surface area contributed by atoms with Crippen molar-refractivity contribution in [1.82, 2.24) is 9.80 Å². The Labute approximate surface area is 346 Å². The quantitative estimate of drug-likeness (QED) is 0.112. The summed E-state index contributed by atoms with van der Waals surface area (Å²) in [7, 11) is 0. The van der Waals surface area contributed by atoms with E-state index < -0.39 is 29.7 Å². The Morgan fingerprint density at radius 3 is 2.07 bits per heavy atom. The summed E-state index contributed by atoms with van der Waals surface area (Å²) in [6.07, 6.45) is 1.20. The molecular weight excluding hydrogens is 759 g/mol. The van der Waals surface area contributed by atoms with Crippen LogP contribution in [0.1, 0.15) is 81.5 Å². The molecule has 4 aromatic carbocycles. The number of hydrogen-bond donors (Lipinski definition) is 0. The summed E-state index contributed by atoms with van der Waals surface area (Å²) in [6.45, 7) is 8.05. The number of ketones is 2. The molecule has 300 valence electrons. The van der Waals surface area contributed by atoms with E-state index in [0.29, 0.717) is 42.3 Å². The van der Waals surface area contributed by atoms with Crippen molar-refractivity contribution in [1.29, 1.82) is 0 Å². The first-order valence-corrected chi connectivity index (χ1v) is 20.6. The number of rotatable bonds is 16. The Balaban J connectivity index is 1.23. The van der Waals surface area contributed by atoms with Crippen LogP contribution < -0.4 is 0 Å². The van der Waals surface area contributed by atoms with Crippen LogP contribution in [0.4, 0.5) is 4.79 Å². The lowest BCUT2D eigenvalue weighted by molar-refractivity contribution is -0.148. The van der Waals surface area contributed by atoms with Gasteiger partial charge in [0.15, 0.2) is 5.78 Å². The molecule has 1 aliphatic heterocycles. The summed E-state index contributed by atoms with van der Waals surface area (Å²) in [5, 5.41) is 0.812. The molecule has 10 heteroatoms. The molecule has 2 amide bonds. The van der Waals surface area contributed by atoms with Crippen LogP contribution in [-0.2, 0) is 36.7 Å². The number of carbonyl (C=O) groups is 4. The van der Waals surface area contributed by atoms with Crippen LogP contribution in [0.25, 0.3) is 11.1 Å². The van der Waals surface area contributed by atoms with Crippen LogP contribution in [0.15, 0.2) is 97.1 Å². The van der Waals surface area contributed by atoms with Gasteiger partial charge in [0.1, 0.15) is 24.5 Å². The van der Waals surface area contributed by atoms with E-state index in [0.717, 1.165) is 33.4 Å². The number of amides is 2. The number of fused-ring (bicyclic) bond motifs is 3. The van der Waals surface area contributed by atoms with Gasteiger partial charge in [-0.15, -0.1) is 0 Å². The van der Waals surface area contributed by atoms with E-state index in [1.807, 2.05) is 88.4 Å². The lowest BCUT2D eigenvalue weighted by atomic mass is 9.98. The van der Waals surface area contributed by atoms with Crippen molar-refractivity contribution in [2.75, 3.05) is 26.3 Å². The summed E-state index contributed by atoms with van der Waals surface area (Å²) in [5.74, 6) is -0.767. The number of hydrogen-bond acceptors (Lipinski definition) is 6. The first-order valence-electron chi connectivity index (χ1n) is 19.9. The minimum Gasteiger partial charge on any atom is -0.448 e. The molecule has 0 N–H and O–H groups in total. The monoisotopic (exact) mass is 810 g/mol. The molecule has 1 fully saturated rings. The predicted molar refractivity (Wildman–Crippen MR) is 225 cm³/mol. The highest BCUT2D eigenvalue weighted by molar-refractivity contribution is 6.42. The zero-order valence-corrected chi connectivity index (χ0v) is 34.7. The van der Waals surface area contributed by atoms with Gasteiger partial charge in [0.2, 0.25) is 5.91 Å². The van der Waals surface area contributed by atoms with Gasteiger partial charge in [0, 0.05) is 38.3 Å². The first-order chi connectivity index (χ1) is 27.3. The third-order valence-electron chi connectivity index (χ3n) is 10.9. The number of aryl methyl sites for hydroxylation is 2. The molecule has 1 aliphatic carbocycles. The van der Waals surface area contributed by atoms with Crippen LogP contribution in [0, 0.1) is 5.92 Å². The second-order valence-electron chi connectivity index (χ2n) is 16.3. The topological polar surface area (TPSA) is 93.2 Å². The van der Waals surface area contributed by atoms with Gasteiger partial charge in [-0.3, -0.25) is 19.3 Å². The van der Waals surface area contributed by atoms with Crippen LogP contribution in [0.3, 0.4) is 0 Å². The van der Waals surface area contributed by atoms with Gasteiger partial charge in [0.05, 0.1) is 22.3 Å². The van der Waals surface area contributed by atoms with Crippen molar-refractivity contribution in [2.45, 2.75) is 89.8 Å². The van der Waals surface area contributed by atoms with Gasteiger partial charge in [0.25, 0.3) is 0 Å². The Bertz CT molecular complexity index is 2020. The number of halogens is 2. The molecular formula is C47H52Cl2N2O6. The van der Waals surface area contributed by atoms with E-state index in [-0.39, 0.29) is 56.0 Å². The van der Waals surface area contributed by atoms with Gasteiger partial charge in [-0.2, -0.15) is 0 Å².